The highest BCUT2D eigenvalue weighted by Gasteiger charge is 2.27. The van der Waals surface area contributed by atoms with Crippen molar-refractivity contribution >= 4 is 10.0 Å². The molecule has 2 unspecified atom stereocenters. The van der Waals surface area contributed by atoms with Gasteiger partial charge in [0.15, 0.2) is 0 Å². The van der Waals surface area contributed by atoms with Crippen molar-refractivity contribution in [2.75, 3.05) is 19.6 Å². The molecule has 2 N–H and O–H groups in total. The van der Waals surface area contributed by atoms with Crippen molar-refractivity contribution in [1.29, 1.82) is 0 Å². The molecule has 0 amide bonds. The zero-order valence-corrected chi connectivity index (χ0v) is 13.7. The van der Waals surface area contributed by atoms with Gasteiger partial charge in [0.1, 0.15) is 5.82 Å². The Kier molecular flexibility index (Phi) is 5.55. The van der Waals surface area contributed by atoms with Crippen LogP contribution in [0.25, 0.3) is 0 Å². The molecule has 1 fully saturated rings. The molecule has 1 saturated heterocycles. The zero-order valence-electron chi connectivity index (χ0n) is 12.9. The average molecular weight is 330 g/mol. The number of β-amino-alcohol motifs (C(OH)–C–C–N with tert-alkyl or cyclic N) is 1. The minimum atomic E-state index is -3.80. The van der Waals surface area contributed by atoms with Crippen molar-refractivity contribution < 1.29 is 17.9 Å². The van der Waals surface area contributed by atoms with Gasteiger partial charge >= 0.3 is 0 Å². The number of nitrogens with one attached hydrogen (secondary N) is 1. The first kappa shape index (κ1) is 17.3. The Bertz CT molecular complexity index is 609. The van der Waals surface area contributed by atoms with E-state index in [-0.39, 0.29) is 11.4 Å². The van der Waals surface area contributed by atoms with Gasteiger partial charge < -0.3 is 5.11 Å². The second-order valence-electron chi connectivity index (χ2n) is 6.11. The van der Waals surface area contributed by atoms with Crippen LogP contribution in [0.2, 0.25) is 0 Å². The maximum Gasteiger partial charge on any atom is 0.240 e. The van der Waals surface area contributed by atoms with Crippen LogP contribution in [-0.2, 0) is 10.0 Å². The molecule has 1 aliphatic rings. The second-order valence-corrected chi connectivity index (χ2v) is 7.87. The summed E-state index contributed by atoms with van der Waals surface area (Å²) in [6, 6.07) is 5.20. The Morgan fingerprint density at radius 2 is 2.18 bits per heavy atom. The predicted octanol–water partition coefficient (Wildman–Crippen LogP) is 1.20. The van der Waals surface area contributed by atoms with Crippen molar-refractivity contribution in [3.8, 4) is 0 Å². The average Bonchev–Trinajstić information content (AvgIpc) is 2.75. The number of nitrogens with zero attached hydrogens (tertiary/aromatic N) is 1. The van der Waals surface area contributed by atoms with Crippen molar-refractivity contribution in [2.45, 2.75) is 37.3 Å². The standard InChI is InChI=1S/C15H23FN2O3S/c1-11-6-12(2)18(9-11)10-14(19)8-17-22(20,21)15-5-3-4-13(16)7-15/h3-5,7,11-12,14,17,19H,6,8-10H2,1-2H3/t11?,12?,14-/m0/s1. The van der Waals surface area contributed by atoms with E-state index in [1.54, 1.807) is 0 Å². The van der Waals surface area contributed by atoms with Crippen molar-refractivity contribution in [2.24, 2.45) is 5.92 Å². The Labute approximate surface area is 131 Å². The fraction of sp³-hybridized carbons (Fsp3) is 0.600. The van der Waals surface area contributed by atoms with Gasteiger partial charge in [0.2, 0.25) is 10.0 Å². The van der Waals surface area contributed by atoms with E-state index in [1.807, 2.05) is 0 Å². The van der Waals surface area contributed by atoms with Crippen molar-refractivity contribution in [1.82, 2.24) is 9.62 Å². The van der Waals surface area contributed by atoms with Crippen LogP contribution in [0.4, 0.5) is 4.39 Å². The second kappa shape index (κ2) is 7.04. The Balaban J connectivity index is 1.89. The SMILES string of the molecule is CC1CC(C)N(C[C@@H](O)CNS(=O)(=O)c2cccc(F)c2)C1. The minimum absolute atomic E-state index is 0.0869. The monoisotopic (exact) mass is 330 g/mol. The summed E-state index contributed by atoms with van der Waals surface area (Å²) in [5.41, 5.74) is 0. The molecule has 0 saturated carbocycles. The number of benzene rings is 1. The Morgan fingerprint density at radius 3 is 2.77 bits per heavy atom. The van der Waals surface area contributed by atoms with Gasteiger partial charge in [0, 0.05) is 25.7 Å². The Hall–Kier alpha value is -1.02. The van der Waals surface area contributed by atoms with E-state index in [9.17, 15) is 17.9 Å². The summed E-state index contributed by atoms with van der Waals surface area (Å²) >= 11 is 0. The van der Waals surface area contributed by atoms with Crippen molar-refractivity contribution in [3.63, 3.8) is 0 Å². The molecule has 124 valence electrons. The minimum Gasteiger partial charge on any atom is -0.390 e. The molecule has 0 radical (unpaired) electrons. The van der Waals surface area contributed by atoms with E-state index in [1.165, 1.54) is 18.2 Å². The fourth-order valence-corrected chi connectivity index (χ4v) is 4.00. The molecule has 1 aromatic rings. The highest BCUT2D eigenvalue weighted by atomic mass is 32.2. The molecule has 0 bridgehead atoms. The zero-order chi connectivity index (χ0) is 16.3. The van der Waals surface area contributed by atoms with Crippen LogP contribution in [0.5, 0.6) is 0 Å². The van der Waals surface area contributed by atoms with Crippen LogP contribution in [0.15, 0.2) is 29.2 Å². The summed E-state index contributed by atoms with van der Waals surface area (Å²) in [7, 11) is -3.80. The molecule has 1 aromatic carbocycles. The van der Waals surface area contributed by atoms with Crippen LogP contribution < -0.4 is 4.72 Å². The van der Waals surface area contributed by atoms with Gasteiger partial charge in [-0.25, -0.2) is 17.5 Å². The molecule has 3 atom stereocenters. The largest absolute Gasteiger partial charge is 0.390 e. The number of sulfonamides is 1. The lowest BCUT2D eigenvalue weighted by atomic mass is 10.1. The van der Waals surface area contributed by atoms with E-state index >= 15 is 0 Å². The maximum absolute atomic E-state index is 13.1. The normalized spacial score (nSPS) is 24.5. The van der Waals surface area contributed by atoms with Gasteiger partial charge in [-0.2, -0.15) is 0 Å². The summed E-state index contributed by atoms with van der Waals surface area (Å²) in [6.45, 7) is 5.52. The first-order valence-electron chi connectivity index (χ1n) is 7.45. The first-order valence-corrected chi connectivity index (χ1v) is 8.93. The third-order valence-corrected chi connectivity index (χ3v) is 5.39. The van der Waals surface area contributed by atoms with E-state index < -0.39 is 21.9 Å². The number of halogens is 1. The van der Waals surface area contributed by atoms with E-state index in [4.69, 9.17) is 0 Å². The lowest BCUT2D eigenvalue weighted by Gasteiger charge is -2.24. The molecule has 0 aromatic heterocycles. The topological polar surface area (TPSA) is 69.6 Å². The molecule has 22 heavy (non-hydrogen) atoms. The predicted molar refractivity (Wildman–Crippen MR) is 82.4 cm³/mol. The summed E-state index contributed by atoms with van der Waals surface area (Å²) < 4.78 is 39.5. The third kappa shape index (κ3) is 4.49. The highest BCUT2D eigenvalue weighted by molar-refractivity contribution is 7.89. The van der Waals surface area contributed by atoms with Crippen LogP contribution in [0.1, 0.15) is 20.3 Å². The fourth-order valence-electron chi connectivity index (χ4n) is 2.90. The molecule has 2 rings (SSSR count). The maximum atomic E-state index is 13.1. The molecule has 1 aliphatic heterocycles. The first-order chi connectivity index (χ1) is 10.3. The summed E-state index contributed by atoms with van der Waals surface area (Å²) in [6.07, 6.45) is 0.290. The van der Waals surface area contributed by atoms with Gasteiger partial charge in [-0.3, -0.25) is 4.90 Å². The van der Waals surface area contributed by atoms with E-state index in [2.05, 4.69) is 23.5 Å². The summed E-state index contributed by atoms with van der Waals surface area (Å²) in [5, 5.41) is 10.0. The number of aliphatic hydroxyl groups excluding tert-OH is 1. The molecule has 5 nitrogen and oxygen atoms in total. The van der Waals surface area contributed by atoms with Gasteiger partial charge in [0.25, 0.3) is 0 Å². The van der Waals surface area contributed by atoms with E-state index in [0.29, 0.717) is 18.5 Å². The van der Waals surface area contributed by atoms with Crippen molar-refractivity contribution in [3.05, 3.63) is 30.1 Å². The van der Waals surface area contributed by atoms with Crippen LogP contribution in [0.3, 0.4) is 0 Å². The molecule has 1 heterocycles. The molecule has 0 spiro atoms. The van der Waals surface area contributed by atoms with E-state index in [0.717, 1.165) is 19.0 Å². The number of hydrogen-bond donors (Lipinski definition) is 2. The van der Waals surface area contributed by atoms with Gasteiger partial charge in [-0.1, -0.05) is 13.0 Å². The molecule has 7 heteroatoms. The summed E-state index contributed by atoms with van der Waals surface area (Å²) in [4.78, 5) is 2.02. The number of aliphatic hydroxyl groups is 1. The highest BCUT2D eigenvalue weighted by Crippen LogP contribution is 2.22. The van der Waals surface area contributed by atoms with Crippen LogP contribution in [-0.4, -0.2) is 50.2 Å². The quantitative estimate of drug-likeness (QED) is 0.822. The van der Waals surface area contributed by atoms with Crippen LogP contribution in [0, 0.1) is 11.7 Å². The van der Waals surface area contributed by atoms with Gasteiger partial charge in [0.05, 0.1) is 11.0 Å². The number of rotatable bonds is 6. The number of likely N-dealkylation sites (tertiary alicyclic amines) is 1. The van der Waals surface area contributed by atoms with Gasteiger partial charge in [-0.05, 0) is 37.5 Å². The lowest BCUT2D eigenvalue weighted by molar-refractivity contribution is 0.111. The number of hydrogen-bond acceptors (Lipinski definition) is 4. The molecular weight excluding hydrogens is 307 g/mol. The Morgan fingerprint density at radius 1 is 1.45 bits per heavy atom. The summed E-state index contributed by atoms with van der Waals surface area (Å²) in [5.74, 6) is -0.0190. The van der Waals surface area contributed by atoms with Gasteiger partial charge in [-0.15, -0.1) is 0 Å². The third-order valence-electron chi connectivity index (χ3n) is 3.97. The smallest absolute Gasteiger partial charge is 0.240 e. The molecule has 0 aliphatic carbocycles. The van der Waals surface area contributed by atoms with Crippen LogP contribution >= 0.6 is 0 Å². The lowest BCUT2D eigenvalue weighted by Crippen LogP contribution is -2.41. The molecular formula is C15H23FN2O3S.